The Morgan fingerprint density at radius 1 is 1.24 bits per heavy atom. The SMILES string of the molecule is c1cc2nccc(C[C@@H]3CC4(CCNCC4)CO3)c2cn1. The van der Waals surface area contributed by atoms with E-state index in [1.54, 1.807) is 6.20 Å². The number of rotatable bonds is 2. The van der Waals surface area contributed by atoms with Crippen LogP contribution in [0.2, 0.25) is 0 Å². The molecule has 0 amide bonds. The Balaban J connectivity index is 1.53. The lowest BCUT2D eigenvalue weighted by molar-refractivity contribution is 0.0869. The van der Waals surface area contributed by atoms with Gasteiger partial charge in [0.05, 0.1) is 18.2 Å². The molecular formula is C17H21N3O. The van der Waals surface area contributed by atoms with Gasteiger partial charge in [0.1, 0.15) is 0 Å². The van der Waals surface area contributed by atoms with Gasteiger partial charge in [0, 0.05) is 24.0 Å². The minimum Gasteiger partial charge on any atom is -0.377 e. The third kappa shape index (κ3) is 2.54. The average molecular weight is 283 g/mol. The molecule has 1 atom stereocenters. The number of fused-ring (bicyclic) bond motifs is 1. The molecule has 1 spiro atoms. The Hall–Kier alpha value is -1.52. The zero-order valence-corrected chi connectivity index (χ0v) is 12.2. The van der Waals surface area contributed by atoms with Gasteiger partial charge >= 0.3 is 0 Å². The van der Waals surface area contributed by atoms with E-state index in [2.05, 4.69) is 21.4 Å². The van der Waals surface area contributed by atoms with Crippen molar-refractivity contribution in [2.75, 3.05) is 19.7 Å². The van der Waals surface area contributed by atoms with Crippen molar-refractivity contribution in [2.45, 2.75) is 31.8 Å². The van der Waals surface area contributed by atoms with Crippen LogP contribution in [0.5, 0.6) is 0 Å². The fourth-order valence-electron chi connectivity index (χ4n) is 3.80. The molecular weight excluding hydrogens is 262 g/mol. The second-order valence-electron chi connectivity index (χ2n) is 6.45. The number of pyridine rings is 2. The monoisotopic (exact) mass is 283 g/mol. The molecule has 2 aromatic rings. The molecule has 0 bridgehead atoms. The fourth-order valence-corrected chi connectivity index (χ4v) is 3.80. The average Bonchev–Trinajstić information content (AvgIpc) is 2.91. The number of hydrogen-bond donors (Lipinski definition) is 1. The first-order valence-corrected chi connectivity index (χ1v) is 7.85. The summed E-state index contributed by atoms with van der Waals surface area (Å²) in [4.78, 5) is 8.65. The Kier molecular flexibility index (Phi) is 3.36. The van der Waals surface area contributed by atoms with E-state index in [1.165, 1.54) is 24.8 Å². The van der Waals surface area contributed by atoms with Gasteiger partial charge in [0.2, 0.25) is 0 Å². The predicted octanol–water partition coefficient (Wildman–Crippen LogP) is 2.33. The van der Waals surface area contributed by atoms with Crippen molar-refractivity contribution < 1.29 is 4.74 Å². The Labute approximate surface area is 124 Å². The largest absolute Gasteiger partial charge is 0.377 e. The number of hydrogen-bond acceptors (Lipinski definition) is 4. The van der Waals surface area contributed by atoms with E-state index < -0.39 is 0 Å². The van der Waals surface area contributed by atoms with Gasteiger partial charge in [-0.1, -0.05) is 0 Å². The van der Waals surface area contributed by atoms with Crippen molar-refractivity contribution in [3.8, 4) is 0 Å². The normalized spacial score (nSPS) is 24.7. The second kappa shape index (κ2) is 5.35. The summed E-state index contributed by atoms with van der Waals surface area (Å²) in [6.45, 7) is 3.21. The van der Waals surface area contributed by atoms with E-state index in [0.717, 1.165) is 37.0 Å². The van der Waals surface area contributed by atoms with Gasteiger partial charge in [-0.2, -0.15) is 0 Å². The molecule has 2 saturated heterocycles. The van der Waals surface area contributed by atoms with Crippen LogP contribution in [-0.2, 0) is 11.2 Å². The van der Waals surface area contributed by atoms with Crippen LogP contribution in [0.25, 0.3) is 10.9 Å². The Bertz CT molecular complexity index is 631. The maximum atomic E-state index is 6.13. The Morgan fingerprint density at radius 2 is 2.14 bits per heavy atom. The van der Waals surface area contributed by atoms with Crippen LogP contribution in [0.1, 0.15) is 24.8 Å². The van der Waals surface area contributed by atoms with Crippen LogP contribution in [0.4, 0.5) is 0 Å². The van der Waals surface area contributed by atoms with Crippen LogP contribution in [0, 0.1) is 5.41 Å². The van der Waals surface area contributed by atoms with Gasteiger partial charge in [-0.05, 0) is 61.9 Å². The molecule has 2 aliphatic rings. The van der Waals surface area contributed by atoms with E-state index in [0.29, 0.717) is 11.5 Å². The standard InChI is InChI=1S/C17H21N3O/c1-6-20-16-2-5-19-11-15(16)13(1)9-14-10-17(12-21-14)3-7-18-8-4-17/h1-2,5-6,11,14,18H,3-4,7-10,12H2/t14-/m1/s1. The lowest BCUT2D eigenvalue weighted by Gasteiger charge is -2.32. The van der Waals surface area contributed by atoms with Crippen LogP contribution in [-0.4, -0.2) is 35.8 Å². The molecule has 0 saturated carbocycles. The molecule has 0 radical (unpaired) electrons. The number of nitrogens with zero attached hydrogens (tertiary/aromatic N) is 2. The van der Waals surface area contributed by atoms with Gasteiger partial charge in [-0.15, -0.1) is 0 Å². The predicted molar refractivity (Wildman–Crippen MR) is 82.1 cm³/mol. The molecule has 0 aliphatic carbocycles. The highest BCUT2D eigenvalue weighted by Crippen LogP contribution is 2.41. The van der Waals surface area contributed by atoms with Gasteiger partial charge in [0.25, 0.3) is 0 Å². The van der Waals surface area contributed by atoms with E-state index in [-0.39, 0.29) is 0 Å². The van der Waals surface area contributed by atoms with Gasteiger partial charge in [0.15, 0.2) is 0 Å². The Morgan fingerprint density at radius 3 is 3.05 bits per heavy atom. The molecule has 2 fully saturated rings. The fraction of sp³-hybridized carbons (Fsp3) is 0.529. The minimum absolute atomic E-state index is 0.342. The van der Waals surface area contributed by atoms with Gasteiger partial charge < -0.3 is 10.1 Å². The van der Waals surface area contributed by atoms with Crippen molar-refractivity contribution in [1.29, 1.82) is 0 Å². The molecule has 2 aliphatic heterocycles. The zero-order valence-electron chi connectivity index (χ0n) is 12.2. The molecule has 4 heterocycles. The minimum atomic E-state index is 0.342. The molecule has 1 N–H and O–H groups in total. The summed E-state index contributed by atoms with van der Waals surface area (Å²) in [6.07, 6.45) is 10.6. The molecule has 4 rings (SSSR count). The highest BCUT2D eigenvalue weighted by molar-refractivity contribution is 5.80. The summed E-state index contributed by atoms with van der Waals surface area (Å²) in [5.41, 5.74) is 2.76. The molecule has 0 unspecified atom stereocenters. The zero-order chi connectivity index (χ0) is 14.1. The van der Waals surface area contributed by atoms with Crippen molar-refractivity contribution in [3.05, 3.63) is 36.3 Å². The summed E-state index contributed by atoms with van der Waals surface area (Å²) in [7, 11) is 0. The molecule has 4 heteroatoms. The van der Waals surface area contributed by atoms with Crippen molar-refractivity contribution in [1.82, 2.24) is 15.3 Å². The number of piperidine rings is 1. The van der Waals surface area contributed by atoms with E-state index in [9.17, 15) is 0 Å². The smallest absolute Gasteiger partial charge is 0.0735 e. The van der Waals surface area contributed by atoms with Crippen LogP contribution in [0.3, 0.4) is 0 Å². The van der Waals surface area contributed by atoms with E-state index >= 15 is 0 Å². The van der Waals surface area contributed by atoms with Crippen LogP contribution in [0.15, 0.2) is 30.7 Å². The third-order valence-electron chi connectivity index (χ3n) is 5.03. The first kappa shape index (κ1) is 13.2. The molecule has 4 nitrogen and oxygen atoms in total. The molecule has 2 aromatic heterocycles. The van der Waals surface area contributed by atoms with Crippen molar-refractivity contribution >= 4 is 10.9 Å². The topological polar surface area (TPSA) is 47.0 Å². The number of nitrogens with one attached hydrogen (secondary N) is 1. The van der Waals surface area contributed by atoms with Crippen molar-refractivity contribution in [2.24, 2.45) is 5.41 Å². The van der Waals surface area contributed by atoms with Crippen LogP contribution < -0.4 is 5.32 Å². The maximum Gasteiger partial charge on any atom is 0.0735 e. The van der Waals surface area contributed by atoms with Crippen LogP contribution >= 0.6 is 0 Å². The third-order valence-corrected chi connectivity index (χ3v) is 5.03. The maximum absolute atomic E-state index is 6.13. The number of aromatic nitrogens is 2. The van der Waals surface area contributed by atoms with E-state index in [4.69, 9.17) is 4.74 Å². The van der Waals surface area contributed by atoms with Gasteiger partial charge in [-0.25, -0.2) is 0 Å². The molecule has 110 valence electrons. The van der Waals surface area contributed by atoms with Gasteiger partial charge in [-0.3, -0.25) is 9.97 Å². The van der Waals surface area contributed by atoms with Crippen molar-refractivity contribution in [3.63, 3.8) is 0 Å². The second-order valence-corrected chi connectivity index (χ2v) is 6.45. The summed E-state index contributed by atoms with van der Waals surface area (Å²) in [6, 6.07) is 4.09. The van der Waals surface area contributed by atoms with E-state index in [1.807, 2.05) is 18.5 Å². The summed E-state index contributed by atoms with van der Waals surface area (Å²) in [5.74, 6) is 0. The first-order valence-electron chi connectivity index (χ1n) is 7.85. The number of ether oxygens (including phenoxy) is 1. The highest BCUT2D eigenvalue weighted by Gasteiger charge is 2.40. The quantitative estimate of drug-likeness (QED) is 0.919. The summed E-state index contributed by atoms with van der Waals surface area (Å²) >= 11 is 0. The lowest BCUT2D eigenvalue weighted by Crippen LogP contribution is -2.37. The highest BCUT2D eigenvalue weighted by atomic mass is 16.5. The first-order chi connectivity index (χ1) is 10.3. The summed E-state index contributed by atoms with van der Waals surface area (Å²) in [5, 5.41) is 4.61. The lowest BCUT2D eigenvalue weighted by atomic mass is 9.76. The molecule has 21 heavy (non-hydrogen) atoms. The molecule has 0 aromatic carbocycles. The summed E-state index contributed by atoms with van der Waals surface area (Å²) < 4.78 is 6.13.